The third-order valence-electron chi connectivity index (χ3n) is 12.1. The van der Waals surface area contributed by atoms with Gasteiger partial charge in [-0.25, -0.2) is 9.97 Å². The molecule has 1 unspecified atom stereocenters. The summed E-state index contributed by atoms with van der Waals surface area (Å²) in [5, 5.41) is 15.0. The van der Waals surface area contributed by atoms with Gasteiger partial charge in [0, 0.05) is 85.9 Å². The first-order valence-electron chi connectivity index (χ1n) is 18.8. The Kier molecular flexibility index (Phi) is 9.24. The van der Waals surface area contributed by atoms with Crippen LogP contribution in [-0.4, -0.2) is 113 Å². The van der Waals surface area contributed by atoms with Crippen molar-refractivity contribution in [2.45, 2.75) is 64.8 Å². The van der Waals surface area contributed by atoms with Crippen LogP contribution in [0, 0.1) is 22.2 Å². The van der Waals surface area contributed by atoms with Crippen molar-refractivity contribution in [3.63, 3.8) is 0 Å². The van der Waals surface area contributed by atoms with E-state index >= 15 is 0 Å². The highest BCUT2D eigenvalue weighted by Crippen LogP contribution is 2.55. The minimum Gasteiger partial charge on any atom is -0.489 e. The van der Waals surface area contributed by atoms with Crippen molar-refractivity contribution in [3.8, 4) is 11.8 Å². The average molecular weight is 780 g/mol. The zero-order valence-electron chi connectivity index (χ0n) is 31.5. The fourth-order valence-corrected chi connectivity index (χ4v) is 9.43. The van der Waals surface area contributed by atoms with Gasteiger partial charge >= 0.3 is 0 Å². The number of piperazine rings is 1. The van der Waals surface area contributed by atoms with Gasteiger partial charge in [-0.05, 0) is 42.8 Å². The molecular weight excluding hydrogens is 738 g/mol. The van der Waals surface area contributed by atoms with Gasteiger partial charge in [-0.3, -0.25) is 39.1 Å². The number of nitrogens with one attached hydrogen (secondary N) is 2. The van der Waals surface area contributed by atoms with Crippen molar-refractivity contribution >= 4 is 52.6 Å². The fraction of sp³-hybridized carbons (Fsp3) is 0.450. The van der Waals surface area contributed by atoms with Crippen LogP contribution in [0.2, 0.25) is 5.02 Å². The van der Waals surface area contributed by atoms with Crippen LogP contribution in [0.4, 0.5) is 11.5 Å². The molecule has 4 aliphatic heterocycles. The molecule has 56 heavy (non-hydrogen) atoms. The minimum absolute atomic E-state index is 0.0432. The predicted octanol–water partition coefficient (Wildman–Crippen LogP) is 3.03. The lowest BCUT2D eigenvalue weighted by Crippen LogP contribution is -2.74. The molecule has 4 fully saturated rings. The first-order valence-corrected chi connectivity index (χ1v) is 19.1. The van der Waals surface area contributed by atoms with E-state index < -0.39 is 29.7 Å². The van der Waals surface area contributed by atoms with E-state index in [-0.39, 0.29) is 53.1 Å². The molecule has 16 heteroatoms. The molecule has 1 saturated carbocycles. The highest BCUT2D eigenvalue weighted by Gasteiger charge is 2.64. The monoisotopic (exact) mass is 779 g/mol. The number of nitriles is 1. The summed E-state index contributed by atoms with van der Waals surface area (Å²) in [7, 11) is 0. The summed E-state index contributed by atoms with van der Waals surface area (Å²) in [4.78, 5) is 80.0. The number of hydrogen-bond acceptors (Lipinski definition) is 12. The van der Waals surface area contributed by atoms with E-state index in [1.54, 1.807) is 18.2 Å². The van der Waals surface area contributed by atoms with E-state index in [1.807, 2.05) is 29.2 Å². The molecule has 1 aliphatic carbocycles. The van der Waals surface area contributed by atoms with Crippen LogP contribution >= 0.6 is 11.6 Å². The number of carbonyl (C=O) groups is 5. The highest BCUT2D eigenvalue weighted by atomic mass is 35.5. The van der Waals surface area contributed by atoms with Gasteiger partial charge in [0.05, 0.1) is 16.8 Å². The van der Waals surface area contributed by atoms with Crippen LogP contribution in [-0.2, 0) is 9.59 Å². The first kappa shape index (κ1) is 37.3. The normalized spacial score (nSPS) is 24.5. The molecule has 3 saturated heterocycles. The summed E-state index contributed by atoms with van der Waals surface area (Å²) in [5.74, 6) is -1.51. The molecule has 2 aromatic carbocycles. The number of aromatic nitrogens is 2. The summed E-state index contributed by atoms with van der Waals surface area (Å²) in [6, 6.07) is 13.9. The third kappa shape index (κ3) is 6.30. The van der Waals surface area contributed by atoms with Gasteiger partial charge in [-0.2, -0.15) is 5.26 Å². The lowest BCUT2D eigenvalue weighted by atomic mass is 9.49. The quantitative estimate of drug-likeness (QED) is 0.320. The highest BCUT2D eigenvalue weighted by molar-refractivity contribution is 6.31. The van der Waals surface area contributed by atoms with Crippen molar-refractivity contribution in [1.29, 1.82) is 5.26 Å². The smallest absolute Gasteiger partial charge is 0.282 e. The summed E-state index contributed by atoms with van der Waals surface area (Å²) in [5.41, 5.74) is 1.14. The Balaban J connectivity index is 0.817. The number of ether oxygens (including phenoxy) is 1. The number of rotatable bonds is 8. The van der Waals surface area contributed by atoms with E-state index in [2.05, 4.69) is 64.2 Å². The van der Waals surface area contributed by atoms with Crippen LogP contribution in [0.1, 0.15) is 77.4 Å². The molecular formula is C40H42ClN9O6. The maximum atomic E-state index is 13.5. The second-order valence-electron chi connectivity index (χ2n) is 16.3. The van der Waals surface area contributed by atoms with E-state index in [9.17, 15) is 29.2 Å². The fourth-order valence-electron chi connectivity index (χ4n) is 9.22. The summed E-state index contributed by atoms with van der Waals surface area (Å²) in [6.07, 6.45) is 1.41. The van der Waals surface area contributed by atoms with E-state index in [4.69, 9.17) is 16.3 Å². The van der Waals surface area contributed by atoms with Crippen LogP contribution in [0.5, 0.6) is 5.75 Å². The van der Waals surface area contributed by atoms with Gasteiger partial charge in [0.2, 0.25) is 11.8 Å². The predicted molar refractivity (Wildman–Crippen MR) is 204 cm³/mol. The average Bonchev–Trinajstić information content (AvgIpc) is 3.40. The topological polar surface area (TPSA) is 181 Å². The molecule has 5 aliphatic rings. The number of hydrogen-bond donors (Lipinski definition) is 2. The van der Waals surface area contributed by atoms with Crippen molar-refractivity contribution in [1.82, 2.24) is 30.4 Å². The minimum atomic E-state index is -1.06. The molecule has 8 rings (SSSR count). The van der Waals surface area contributed by atoms with Crippen LogP contribution in [0.3, 0.4) is 0 Å². The Morgan fingerprint density at radius 2 is 1.62 bits per heavy atom. The molecule has 5 heterocycles. The molecule has 1 aromatic heterocycles. The van der Waals surface area contributed by atoms with Gasteiger partial charge in [0.1, 0.15) is 29.8 Å². The Morgan fingerprint density at radius 1 is 0.946 bits per heavy atom. The summed E-state index contributed by atoms with van der Waals surface area (Å²) in [6.45, 7) is 13.1. The van der Waals surface area contributed by atoms with Crippen molar-refractivity contribution in [3.05, 3.63) is 76.2 Å². The first-order chi connectivity index (χ1) is 26.7. The van der Waals surface area contributed by atoms with Gasteiger partial charge in [0.25, 0.3) is 17.7 Å². The molecule has 0 radical (unpaired) electrons. The maximum absolute atomic E-state index is 13.5. The third-order valence-corrected chi connectivity index (χ3v) is 12.4. The number of halogens is 1. The largest absolute Gasteiger partial charge is 0.489 e. The van der Waals surface area contributed by atoms with E-state index in [0.717, 1.165) is 36.8 Å². The number of benzene rings is 2. The van der Waals surface area contributed by atoms with E-state index in [0.29, 0.717) is 46.8 Å². The Bertz CT molecular complexity index is 2170. The zero-order chi connectivity index (χ0) is 39.7. The number of imide groups is 2. The number of amides is 5. The van der Waals surface area contributed by atoms with Crippen molar-refractivity contribution in [2.24, 2.45) is 10.8 Å². The number of carbonyl (C=O) groups excluding carboxylic acids is 5. The number of anilines is 2. The van der Waals surface area contributed by atoms with Crippen LogP contribution in [0.15, 0.2) is 48.7 Å². The zero-order valence-corrected chi connectivity index (χ0v) is 32.3. The lowest BCUT2D eigenvalue weighted by molar-refractivity contribution is -0.164. The molecule has 2 N–H and O–H groups in total. The summed E-state index contributed by atoms with van der Waals surface area (Å²) >= 11 is 6.24. The number of nitrogens with zero attached hydrogens (tertiary/aromatic N) is 7. The number of piperidine rings is 1. The lowest BCUT2D eigenvalue weighted by Gasteiger charge is -2.63. The van der Waals surface area contributed by atoms with Gasteiger partial charge in [-0.15, -0.1) is 0 Å². The van der Waals surface area contributed by atoms with Crippen molar-refractivity contribution < 1.29 is 28.7 Å². The van der Waals surface area contributed by atoms with Gasteiger partial charge in [-0.1, -0.05) is 39.3 Å². The second kappa shape index (κ2) is 13.9. The molecule has 290 valence electrons. The van der Waals surface area contributed by atoms with Crippen LogP contribution < -0.4 is 25.2 Å². The Hall–Kier alpha value is -5.59. The Labute approximate surface area is 328 Å². The molecule has 15 nitrogen and oxygen atoms in total. The number of fused-ring (bicyclic) bond motifs is 1. The van der Waals surface area contributed by atoms with Gasteiger partial charge in [0.15, 0.2) is 11.4 Å². The van der Waals surface area contributed by atoms with E-state index in [1.165, 1.54) is 6.20 Å². The summed E-state index contributed by atoms with van der Waals surface area (Å²) < 4.78 is 6.37. The SMILES string of the molecule is CC1(C)[C@H](NC(=O)c2ccc(N3CCN(C4CN(c5cnc6c(n5)C(=O)N(C5CCC(=O)NC5=O)C6=O)C4)CC3)cc2)C(C)(C)[C@H]1Oc1ccc(C#N)c(Cl)c1. The molecule has 0 spiro atoms. The van der Waals surface area contributed by atoms with Gasteiger partial charge < -0.3 is 19.9 Å². The molecule has 0 bridgehead atoms. The van der Waals surface area contributed by atoms with Crippen molar-refractivity contribution in [2.75, 3.05) is 49.1 Å². The standard InChI is InChI=1S/C40H42ClN9O6/c1-39(2)37(40(3,4)38(39)56-26-10-7-23(18-42)27(41)17-26)46-33(52)22-5-8-24(9-6-22)47-13-15-48(16-14-47)25-20-49(21-25)29-19-43-31-32(44-29)36(55)50(35(31)54)28-11-12-30(51)45-34(28)53/h5-10,17,19,25,28,37-38H,11-16,20-21H2,1-4H3,(H,46,52)(H,45,51,53)/t28?,37-,38-. The Morgan fingerprint density at radius 3 is 2.27 bits per heavy atom. The second-order valence-corrected chi connectivity index (χ2v) is 16.7. The molecule has 3 aromatic rings. The molecule has 1 atom stereocenters. The molecule has 5 amide bonds. The van der Waals surface area contributed by atoms with Crippen LogP contribution in [0.25, 0.3) is 0 Å². The maximum Gasteiger partial charge on any atom is 0.282 e.